The Morgan fingerprint density at radius 2 is 2.00 bits per heavy atom. The van der Waals surface area contributed by atoms with Crippen LogP contribution in [0, 0.1) is 0 Å². The Kier molecular flexibility index (Phi) is 4.17. The summed E-state index contributed by atoms with van der Waals surface area (Å²) in [6.07, 6.45) is 0.889. The molecule has 0 saturated carbocycles. The minimum absolute atomic E-state index is 0. The maximum absolute atomic E-state index is 12.2. The van der Waals surface area contributed by atoms with Crippen molar-refractivity contribution in [1.29, 1.82) is 0 Å². The van der Waals surface area contributed by atoms with E-state index in [2.05, 4.69) is 0 Å². The Balaban J connectivity index is 0.000000810. The average molecular weight is 152 g/mol. The summed E-state index contributed by atoms with van der Waals surface area (Å²) >= 11 is 0. The van der Waals surface area contributed by atoms with Crippen molar-refractivity contribution < 1.29 is 43.8 Å². The van der Waals surface area contributed by atoms with E-state index in [-0.39, 0.29) is 42.4 Å². The number of carbonyl (C=O) groups excluding carboxylic acids is 1. The summed E-state index contributed by atoms with van der Waals surface area (Å²) in [7, 11) is 0. The minimum atomic E-state index is -1.05. The van der Waals surface area contributed by atoms with Crippen molar-refractivity contribution >= 4 is 5.78 Å². The number of Topliss-reactive ketones (excluding diaryl/α,β-unsaturated/α-hetero) is 1. The molecule has 4 heteroatoms. The molecule has 0 aromatic rings. The van der Waals surface area contributed by atoms with Crippen LogP contribution in [0.4, 0.5) is 4.39 Å². The van der Waals surface area contributed by atoms with Crippen LogP contribution in [0.1, 0.15) is 19.3 Å². The van der Waals surface area contributed by atoms with Crippen LogP contribution in [0.25, 0.3) is 0 Å². The van der Waals surface area contributed by atoms with E-state index < -0.39 is 17.4 Å². The normalized spacial score (nSPS) is 18.7. The van der Waals surface area contributed by atoms with E-state index in [0.29, 0.717) is 6.42 Å². The second kappa shape index (κ2) is 4.11. The Labute approximate surface area is 80.4 Å². The van der Waals surface area contributed by atoms with Gasteiger partial charge in [-0.3, -0.25) is 4.79 Å². The van der Waals surface area contributed by atoms with Gasteiger partial charge in [-0.05, 0) is 12.8 Å². The van der Waals surface area contributed by atoms with Gasteiger partial charge >= 0.3 is 29.6 Å². The molecule has 0 N–H and O–H groups in total. The molecule has 0 atom stereocenters. The maximum Gasteiger partial charge on any atom is 1.00 e. The van der Waals surface area contributed by atoms with E-state index >= 15 is 0 Å². The molecule has 0 radical (unpaired) electrons. The van der Waals surface area contributed by atoms with Crippen LogP contribution in [0.3, 0.4) is 0 Å². The molecule has 0 unspecified atom stereocenters. The zero-order valence-electron chi connectivity index (χ0n) is 5.82. The van der Waals surface area contributed by atoms with Crippen LogP contribution < -0.4 is 34.7 Å². The maximum atomic E-state index is 12.2. The Morgan fingerprint density at radius 3 is 2.40 bits per heavy atom. The molecule has 0 spiro atoms. The first-order chi connectivity index (χ1) is 4.22. The van der Waals surface area contributed by atoms with Crippen molar-refractivity contribution in [3.63, 3.8) is 0 Å². The molecule has 0 amide bonds. The van der Waals surface area contributed by atoms with Gasteiger partial charge in [0.25, 0.3) is 0 Å². The van der Waals surface area contributed by atoms with Gasteiger partial charge in [-0.1, -0.05) is 5.76 Å². The van der Waals surface area contributed by atoms with E-state index in [4.69, 9.17) is 0 Å². The van der Waals surface area contributed by atoms with Gasteiger partial charge in [-0.2, -0.15) is 0 Å². The third-order valence-electron chi connectivity index (χ3n) is 1.30. The van der Waals surface area contributed by atoms with Crippen molar-refractivity contribution in [3.05, 3.63) is 11.6 Å². The zero-order chi connectivity index (χ0) is 6.85. The number of carbonyl (C=O) groups is 1. The third kappa shape index (κ3) is 2.08. The summed E-state index contributed by atoms with van der Waals surface area (Å²) in [6, 6.07) is 0. The second-order valence-corrected chi connectivity index (χ2v) is 2.01. The summed E-state index contributed by atoms with van der Waals surface area (Å²) in [5.41, 5.74) is 0. The van der Waals surface area contributed by atoms with Gasteiger partial charge in [0.05, 0.1) is 0 Å². The van der Waals surface area contributed by atoms with Crippen molar-refractivity contribution in [2.24, 2.45) is 0 Å². The van der Waals surface area contributed by atoms with Crippen molar-refractivity contribution in [1.82, 2.24) is 0 Å². The van der Waals surface area contributed by atoms with Gasteiger partial charge in [0.1, 0.15) is 0 Å². The molecule has 0 saturated heterocycles. The standard InChI is InChI=1S/C6H7FO2.Na/c7-6-4(8)2-1-3-5(6)9;/h8H,1-3H2;/q;+1/p-1. The first kappa shape index (κ1) is 10.1. The van der Waals surface area contributed by atoms with E-state index in [1.54, 1.807) is 0 Å². The van der Waals surface area contributed by atoms with Gasteiger partial charge in [-0.15, -0.1) is 0 Å². The number of ketones is 1. The molecule has 1 aliphatic rings. The smallest absolute Gasteiger partial charge is 0.873 e. The SMILES string of the molecule is O=C1CCCC([O-])=C1F.[Na+]. The fourth-order valence-electron chi connectivity index (χ4n) is 0.784. The first-order valence-electron chi connectivity index (χ1n) is 2.80. The van der Waals surface area contributed by atoms with Crippen molar-refractivity contribution in [2.75, 3.05) is 0 Å². The van der Waals surface area contributed by atoms with Crippen LogP contribution in [-0.4, -0.2) is 5.78 Å². The predicted molar refractivity (Wildman–Crippen MR) is 27.0 cm³/mol. The van der Waals surface area contributed by atoms with Crippen LogP contribution in [0.15, 0.2) is 11.6 Å². The molecular weight excluding hydrogens is 146 g/mol. The summed E-state index contributed by atoms with van der Waals surface area (Å²) in [5, 5.41) is 10.4. The number of hydrogen-bond donors (Lipinski definition) is 0. The molecule has 0 aromatic heterocycles. The van der Waals surface area contributed by atoms with Crippen LogP contribution in [0.2, 0.25) is 0 Å². The number of hydrogen-bond acceptors (Lipinski definition) is 2. The van der Waals surface area contributed by atoms with Gasteiger partial charge in [0.15, 0.2) is 11.6 Å². The van der Waals surface area contributed by atoms with Gasteiger partial charge in [0.2, 0.25) is 0 Å². The van der Waals surface area contributed by atoms with E-state index in [1.807, 2.05) is 0 Å². The molecule has 0 bridgehead atoms. The quantitative estimate of drug-likeness (QED) is 0.354. The first-order valence-corrected chi connectivity index (χ1v) is 2.80. The van der Waals surface area contributed by atoms with E-state index in [0.717, 1.165) is 0 Å². The van der Waals surface area contributed by atoms with Crippen molar-refractivity contribution in [3.8, 4) is 0 Å². The monoisotopic (exact) mass is 152 g/mol. The number of allylic oxidation sites excluding steroid dienone is 2. The topological polar surface area (TPSA) is 40.1 Å². The minimum Gasteiger partial charge on any atom is -0.873 e. The van der Waals surface area contributed by atoms with Gasteiger partial charge in [-0.25, -0.2) is 4.39 Å². The Hall–Kier alpha value is 0.140. The van der Waals surface area contributed by atoms with Crippen LogP contribution in [-0.2, 0) is 4.79 Å². The predicted octanol–water partition coefficient (Wildman–Crippen LogP) is -2.72. The van der Waals surface area contributed by atoms with Crippen LogP contribution in [0.5, 0.6) is 0 Å². The fourth-order valence-corrected chi connectivity index (χ4v) is 0.784. The molecule has 2 nitrogen and oxygen atoms in total. The molecule has 50 valence electrons. The average Bonchev–Trinajstić information content (AvgIpc) is 1.83. The number of rotatable bonds is 0. The number of halogens is 1. The summed E-state index contributed by atoms with van der Waals surface area (Å²) < 4.78 is 12.2. The second-order valence-electron chi connectivity index (χ2n) is 2.01. The summed E-state index contributed by atoms with van der Waals surface area (Å²) in [6.45, 7) is 0. The summed E-state index contributed by atoms with van der Waals surface area (Å²) in [4.78, 5) is 10.4. The third-order valence-corrected chi connectivity index (χ3v) is 1.30. The fraction of sp³-hybridized carbons (Fsp3) is 0.500. The van der Waals surface area contributed by atoms with E-state index in [9.17, 15) is 14.3 Å². The molecule has 1 aliphatic carbocycles. The molecule has 1 rings (SSSR count). The molecule has 0 aromatic carbocycles. The Bertz CT molecular complexity index is 177. The molecule has 0 heterocycles. The van der Waals surface area contributed by atoms with Crippen LogP contribution >= 0.6 is 0 Å². The summed E-state index contributed by atoms with van der Waals surface area (Å²) in [5.74, 6) is -2.32. The van der Waals surface area contributed by atoms with Gasteiger partial charge < -0.3 is 5.11 Å². The van der Waals surface area contributed by atoms with Crippen molar-refractivity contribution in [2.45, 2.75) is 19.3 Å². The van der Waals surface area contributed by atoms with Gasteiger partial charge in [0, 0.05) is 6.42 Å². The molecule has 0 aliphatic heterocycles. The molecule has 10 heavy (non-hydrogen) atoms. The zero-order valence-corrected chi connectivity index (χ0v) is 7.82. The Morgan fingerprint density at radius 1 is 1.40 bits per heavy atom. The molecule has 0 fully saturated rings. The largest absolute Gasteiger partial charge is 1.00 e. The van der Waals surface area contributed by atoms with E-state index in [1.165, 1.54) is 0 Å². The molecular formula is C6H6FNaO2.